The van der Waals surface area contributed by atoms with Crippen LogP contribution in [0.4, 0.5) is 10.8 Å². The molecule has 1 saturated heterocycles. The van der Waals surface area contributed by atoms with Gasteiger partial charge in [0, 0.05) is 30.5 Å². The number of fused-ring (bicyclic) bond motifs is 1. The quantitative estimate of drug-likeness (QED) is 0.689. The second-order valence-electron chi connectivity index (χ2n) is 6.25. The van der Waals surface area contributed by atoms with Gasteiger partial charge in [-0.15, -0.1) is 21.5 Å². The molecule has 0 bridgehead atoms. The number of anilines is 2. The van der Waals surface area contributed by atoms with Crippen LogP contribution in [0.1, 0.15) is 37.9 Å². The number of nitrogens with zero attached hydrogens (tertiary/aromatic N) is 7. The first-order chi connectivity index (χ1) is 13.3. The van der Waals surface area contributed by atoms with E-state index in [-0.39, 0.29) is 0 Å². The van der Waals surface area contributed by atoms with Crippen LogP contribution in [0.15, 0.2) is 36.6 Å². The number of hydrogen-bond acceptors (Lipinski definition) is 7. The number of rotatable bonds is 3. The maximum absolute atomic E-state index is 4.68. The summed E-state index contributed by atoms with van der Waals surface area (Å²) in [4.78, 5) is 8.56. The second-order valence-corrected chi connectivity index (χ2v) is 7.12. The highest BCUT2D eigenvalue weighted by Gasteiger charge is 2.28. The molecule has 0 spiro atoms. The number of aromatic nitrogens is 5. The molecule has 140 valence electrons. The first-order valence-electron chi connectivity index (χ1n) is 9.32. The van der Waals surface area contributed by atoms with Crippen molar-refractivity contribution < 1.29 is 0 Å². The molecule has 8 heteroatoms. The number of hydrogen-bond donors (Lipinski definition) is 0. The zero-order chi connectivity index (χ0) is 18.8. The molecule has 5 heterocycles. The van der Waals surface area contributed by atoms with Gasteiger partial charge in [0.05, 0.1) is 23.9 Å². The van der Waals surface area contributed by atoms with Crippen molar-refractivity contribution in [1.82, 2.24) is 25.0 Å². The van der Waals surface area contributed by atoms with E-state index in [0.717, 1.165) is 46.7 Å². The van der Waals surface area contributed by atoms with E-state index in [9.17, 15) is 0 Å². The molecule has 5 rings (SSSR count). The highest BCUT2D eigenvalue weighted by atomic mass is 32.1. The Kier molecular flexibility index (Phi) is 4.89. The average molecular weight is 382 g/mol. The van der Waals surface area contributed by atoms with Gasteiger partial charge < -0.3 is 9.80 Å². The third kappa shape index (κ3) is 3.21. The molecule has 0 N–H and O–H groups in total. The van der Waals surface area contributed by atoms with Crippen LogP contribution in [0.3, 0.4) is 0 Å². The molecule has 1 fully saturated rings. The monoisotopic (exact) mass is 381 g/mol. The van der Waals surface area contributed by atoms with Gasteiger partial charge in [0.25, 0.3) is 0 Å². The maximum atomic E-state index is 4.68. The highest BCUT2D eigenvalue weighted by Crippen LogP contribution is 2.37. The third-order valence-electron chi connectivity index (χ3n) is 4.72. The largest absolute Gasteiger partial charge is 0.355 e. The molecule has 7 nitrogen and oxygen atoms in total. The van der Waals surface area contributed by atoms with Crippen molar-refractivity contribution in [2.24, 2.45) is 0 Å². The molecular formula is C19H23N7S. The highest BCUT2D eigenvalue weighted by molar-refractivity contribution is 7.13. The number of thiazole rings is 1. The van der Waals surface area contributed by atoms with E-state index >= 15 is 0 Å². The molecule has 0 aromatic carbocycles. The predicted molar refractivity (Wildman–Crippen MR) is 109 cm³/mol. The van der Waals surface area contributed by atoms with Gasteiger partial charge in [0.2, 0.25) is 0 Å². The van der Waals surface area contributed by atoms with Crippen LogP contribution in [-0.4, -0.2) is 38.1 Å². The van der Waals surface area contributed by atoms with Gasteiger partial charge in [0.15, 0.2) is 11.6 Å². The standard InChI is InChI=1S/C17H17N7S.C2H6/c1-12-13-9-24(21-14(13)10-23(12)17-8-18-11-25-17)16-5-4-15(19-20-16)22-6-2-3-7-22;1-2/h4-5,8-9,11H,1-3,6-7,10H2;1-2H3. The molecule has 3 aromatic rings. The SMILES string of the molecule is C=C1c2cn(-c3ccc(N4CCCC4)nn3)nc2CN1c1cncs1.CC. The molecule has 0 unspecified atom stereocenters. The first-order valence-corrected chi connectivity index (χ1v) is 10.2. The van der Waals surface area contributed by atoms with E-state index in [4.69, 9.17) is 0 Å². The van der Waals surface area contributed by atoms with Crippen molar-refractivity contribution in [3.05, 3.63) is 47.9 Å². The fraction of sp³-hybridized carbons (Fsp3) is 0.368. The van der Waals surface area contributed by atoms with Crippen LogP contribution in [0, 0.1) is 0 Å². The van der Waals surface area contributed by atoms with Gasteiger partial charge in [0.1, 0.15) is 5.00 Å². The normalized spacial score (nSPS) is 15.7. The second kappa shape index (κ2) is 7.48. The van der Waals surface area contributed by atoms with E-state index in [2.05, 4.69) is 36.7 Å². The Labute approximate surface area is 163 Å². The van der Waals surface area contributed by atoms with Crippen LogP contribution in [-0.2, 0) is 6.54 Å². The summed E-state index contributed by atoms with van der Waals surface area (Å²) in [5, 5.41) is 14.5. The van der Waals surface area contributed by atoms with Crippen molar-refractivity contribution in [3.8, 4) is 5.82 Å². The molecule has 0 saturated carbocycles. The molecular weight excluding hydrogens is 358 g/mol. The summed E-state index contributed by atoms with van der Waals surface area (Å²) in [5.74, 6) is 1.68. The van der Waals surface area contributed by atoms with Crippen LogP contribution in [0.25, 0.3) is 11.5 Å². The van der Waals surface area contributed by atoms with E-state index in [1.54, 1.807) is 16.0 Å². The Bertz CT molecular complexity index is 908. The van der Waals surface area contributed by atoms with E-state index < -0.39 is 0 Å². The van der Waals surface area contributed by atoms with Crippen LogP contribution in [0.5, 0.6) is 0 Å². The minimum Gasteiger partial charge on any atom is -0.355 e. The average Bonchev–Trinajstić information content (AvgIpc) is 3.50. The van der Waals surface area contributed by atoms with Crippen molar-refractivity contribution in [2.75, 3.05) is 22.9 Å². The summed E-state index contributed by atoms with van der Waals surface area (Å²) >= 11 is 1.60. The summed E-state index contributed by atoms with van der Waals surface area (Å²) in [6.07, 6.45) is 6.30. The van der Waals surface area contributed by atoms with E-state index in [1.807, 2.05) is 43.9 Å². The van der Waals surface area contributed by atoms with Crippen molar-refractivity contribution in [1.29, 1.82) is 0 Å². The van der Waals surface area contributed by atoms with Crippen LogP contribution >= 0.6 is 11.3 Å². The summed E-state index contributed by atoms with van der Waals surface area (Å²) in [6, 6.07) is 4.01. The lowest BCUT2D eigenvalue weighted by atomic mass is 10.2. The molecule has 27 heavy (non-hydrogen) atoms. The zero-order valence-electron chi connectivity index (χ0n) is 15.7. The summed E-state index contributed by atoms with van der Waals surface area (Å²) in [6.45, 7) is 11.1. The van der Waals surface area contributed by atoms with Crippen molar-refractivity contribution >= 4 is 27.9 Å². The van der Waals surface area contributed by atoms with Gasteiger partial charge in [-0.3, -0.25) is 4.98 Å². The van der Waals surface area contributed by atoms with Gasteiger partial charge >= 0.3 is 0 Å². The molecule has 0 amide bonds. The lowest BCUT2D eigenvalue weighted by Crippen LogP contribution is -2.19. The Morgan fingerprint density at radius 3 is 2.44 bits per heavy atom. The molecule has 0 radical (unpaired) electrons. The predicted octanol–water partition coefficient (Wildman–Crippen LogP) is 3.74. The fourth-order valence-corrected chi connectivity index (χ4v) is 4.04. The Balaban J connectivity index is 0.000000872. The minimum atomic E-state index is 0.711. The Morgan fingerprint density at radius 2 is 1.81 bits per heavy atom. The molecule has 2 aliphatic heterocycles. The molecule has 0 atom stereocenters. The topological polar surface area (TPSA) is 63.0 Å². The lowest BCUT2D eigenvalue weighted by Gasteiger charge is -2.16. The first kappa shape index (κ1) is 17.7. The van der Waals surface area contributed by atoms with E-state index in [1.165, 1.54) is 12.8 Å². The minimum absolute atomic E-state index is 0.711. The molecule has 0 aliphatic carbocycles. The fourth-order valence-electron chi connectivity index (χ4n) is 3.38. The van der Waals surface area contributed by atoms with Crippen LogP contribution < -0.4 is 9.80 Å². The third-order valence-corrected chi connectivity index (χ3v) is 5.52. The Hall–Kier alpha value is -2.74. The van der Waals surface area contributed by atoms with Gasteiger partial charge in [-0.1, -0.05) is 20.4 Å². The smallest absolute Gasteiger partial charge is 0.175 e. The van der Waals surface area contributed by atoms with Gasteiger partial charge in [-0.2, -0.15) is 5.10 Å². The van der Waals surface area contributed by atoms with E-state index in [0.29, 0.717) is 6.54 Å². The summed E-state index contributed by atoms with van der Waals surface area (Å²) < 4.78 is 1.79. The molecule has 2 aliphatic rings. The maximum Gasteiger partial charge on any atom is 0.175 e. The summed E-state index contributed by atoms with van der Waals surface area (Å²) in [5.41, 5.74) is 4.84. The summed E-state index contributed by atoms with van der Waals surface area (Å²) in [7, 11) is 0. The van der Waals surface area contributed by atoms with Crippen LogP contribution in [0.2, 0.25) is 0 Å². The van der Waals surface area contributed by atoms with Crippen molar-refractivity contribution in [2.45, 2.75) is 33.2 Å². The van der Waals surface area contributed by atoms with Gasteiger partial charge in [-0.25, -0.2) is 4.68 Å². The molecule has 3 aromatic heterocycles. The zero-order valence-corrected chi connectivity index (χ0v) is 16.5. The Morgan fingerprint density at radius 1 is 1.07 bits per heavy atom. The lowest BCUT2D eigenvalue weighted by molar-refractivity contribution is 0.778. The van der Waals surface area contributed by atoms with Gasteiger partial charge in [-0.05, 0) is 25.0 Å². The van der Waals surface area contributed by atoms with Crippen molar-refractivity contribution in [3.63, 3.8) is 0 Å².